The van der Waals surface area contributed by atoms with Gasteiger partial charge in [-0.2, -0.15) is 0 Å². The lowest BCUT2D eigenvalue weighted by molar-refractivity contribution is -0.128. The lowest BCUT2D eigenvalue weighted by Gasteiger charge is -2.33. The van der Waals surface area contributed by atoms with Gasteiger partial charge in [-0.1, -0.05) is 0 Å². The van der Waals surface area contributed by atoms with E-state index in [0.717, 1.165) is 43.9 Å². The van der Waals surface area contributed by atoms with Crippen LogP contribution in [0.2, 0.25) is 0 Å². The molecule has 1 fully saturated rings. The Morgan fingerprint density at radius 1 is 1.31 bits per heavy atom. The fourth-order valence-electron chi connectivity index (χ4n) is 2.84. The van der Waals surface area contributed by atoms with Crippen molar-refractivity contribution in [2.45, 2.75) is 31.9 Å². The second-order valence-electron chi connectivity index (χ2n) is 6.17. The molecule has 1 aliphatic heterocycles. The topological polar surface area (TPSA) is 67.3 Å². The Hall–Kier alpha value is -2.77. The van der Waals surface area contributed by atoms with E-state index < -0.39 is 17.7 Å². The SMILES string of the molecule is C[C@H](Oc1ccc(F)cc1F)C(=O)NC1CCN(c2cnccn2)CC1. The zero-order valence-electron chi connectivity index (χ0n) is 14.4. The maximum Gasteiger partial charge on any atom is 0.260 e. The number of hydrogen-bond donors (Lipinski definition) is 1. The van der Waals surface area contributed by atoms with Crippen LogP contribution in [0.15, 0.2) is 36.8 Å². The molecular weight excluding hydrogens is 342 g/mol. The van der Waals surface area contributed by atoms with Gasteiger partial charge in [0, 0.05) is 37.6 Å². The first kappa shape index (κ1) is 18.0. The molecule has 2 aromatic rings. The van der Waals surface area contributed by atoms with Gasteiger partial charge >= 0.3 is 0 Å². The van der Waals surface area contributed by atoms with Crippen LogP contribution in [0.3, 0.4) is 0 Å². The number of halogens is 2. The molecule has 1 aromatic carbocycles. The van der Waals surface area contributed by atoms with E-state index in [1.54, 1.807) is 18.6 Å². The molecule has 1 saturated heterocycles. The first-order chi connectivity index (χ1) is 12.5. The Labute approximate surface area is 150 Å². The Kier molecular flexibility index (Phi) is 5.60. The number of ether oxygens (including phenoxy) is 1. The zero-order chi connectivity index (χ0) is 18.5. The predicted octanol–water partition coefficient (Wildman–Crippen LogP) is 2.31. The summed E-state index contributed by atoms with van der Waals surface area (Å²) in [6, 6.07) is 3.00. The van der Waals surface area contributed by atoms with Crippen LogP contribution < -0.4 is 15.0 Å². The summed E-state index contributed by atoms with van der Waals surface area (Å²) in [5.41, 5.74) is 0. The van der Waals surface area contributed by atoms with E-state index in [-0.39, 0.29) is 17.7 Å². The molecule has 3 rings (SSSR count). The zero-order valence-corrected chi connectivity index (χ0v) is 14.4. The van der Waals surface area contributed by atoms with Gasteiger partial charge in [-0.15, -0.1) is 0 Å². The number of anilines is 1. The Balaban J connectivity index is 1.49. The van der Waals surface area contributed by atoms with E-state index in [1.165, 1.54) is 13.0 Å². The summed E-state index contributed by atoms with van der Waals surface area (Å²) in [6.07, 6.45) is 5.64. The highest BCUT2D eigenvalue weighted by molar-refractivity contribution is 5.81. The standard InChI is InChI=1S/C18H20F2N4O2/c1-12(26-16-3-2-13(19)10-15(16)20)18(25)23-14-4-8-24(9-5-14)17-11-21-6-7-22-17/h2-3,6-7,10-12,14H,4-5,8-9H2,1H3,(H,23,25)/t12-/m0/s1. The first-order valence-corrected chi connectivity index (χ1v) is 8.46. The average molecular weight is 362 g/mol. The highest BCUT2D eigenvalue weighted by atomic mass is 19.1. The molecule has 1 amide bonds. The molecule has 0 saturated carbocycles. The van der Waals surface area contributed by atoms with Crippen molar-refractivity contribution in [3.8, 4) is 5.75 Å². The van der Waals surface area contributed by atoms with Crippen LogP contribution in [0.4, 0.5) is 14.6 Å². The number of amides is 1. The van der Waals surface area contributed by atoms with Crippen molar-refractivity contribution in [1.29, 1.82) is 0 Å². The molecule has 138 valence electrons. The van der Waals surface area contributed by atoms with Gasteiger partial charge in [0.1, 0.15) is 11.6 Å². The lowest BCUT2D eigenvalue weighted by Crippen LogP contribution is -2.48. The molecular formula is C18H20F2N4O2. The van der Waals surface area contributed by atoms with Crippen LogP contribution in [0, 0.1) is 11.6 Å². The number of carbonyl (C=O) groups excluding carboxylic acids is 1. The molecule has 0 radical (unpaired) electrons. The minimum atomic E-state index is -0.881. The summed E-state index contributed by atoms with van der Waals surface area (Å²) < 4.78 is 31.9. The van der Waals surface area contributed by atoms with Crippen molar-refractivity contribution >= 4 is 11.7 Å². The van der Waals surface area contributed by atoms with E-state index >= 15 is 0 Å². The maximum absolute atomic E-state index is 13.6. The third-order valence-electron chi connectivity index (χ3n) is 4.28. The van der Waals surface area contributed by atoms with E-state index in [0.29, 0.717) is 0 Å². The molecule has 0 bridgehead atoms. The van der Waals surface area contributed by atoms with Crippen molar-refractivity contribution in [1.82, 2.24) is 15.3 Å². The van der Waals surface area contributed by atoms with E-state index in [4.69, 9.17) is 4.74 Å². The number of piperidine rings is 1. The molecule has 1 atom stereocenters. The fourth-order valence-corrected chi connectivity index (χ4v) is 2.84. The number of benzene rings is 1. The predicted molar refractivity (Wildman–Crippen MR) is 91.9 cm³/mol. The molecule has 0 unspecified atom stereocenters. The Bertz CT molecular complexity index is 752. The van der Waals surface area contributed by atoms with Crippen LogP contribution in [-0.4, -0.2) is 41.1 Å². The Morgan fingerprint density at radius 3 is 2.73 bits per heavy atom. The number of rotatable bonds is 5. The molecule has 0 spiro atoms. The second kappa shape index (κ2) is 8.07. The lowest BCUT2D eigenvalue weighted by atomic mass is 10.0. The minimum absolute atomic E-state index is 0.0135. The Morgan fingerprint density at radius 2 is 2.08 bits per heavy atom. The highest BCUT2D eigenvalue weighted by Crippen LogP contribution is 2.20. The molecule has 1 aromatic heterocycles. The van der Waals surface area contributed by atoms with Gasteiger partial charge in [-0.3, -0.25) is 9.78 Å². The second-order valence-corrected chi connectivity index (χ2v) is 6.17. The minimum Gasteiger partial charge on any atom is -0.478 e. The molecule has 26 heavy (non-hydrogen) atoms. The molecule has 8 heteroatoms. The van der Waals surface area contributed by atoms with Gasteiger partial charge in [0.2, 0.25) is 0 Å². The van der Waals surface area contributed by atoms with Gasteiger partial charge in [-0.25, -0.2) is 13.8 Å². The normalized spacial score (nSPS) is 16.2. The van der Waals surface area contributed by atoms with Crippen molar-refractivity contribution in [2.24, 2.45) is 0 Å². The summed E-state index contributed by atoms with van der Waals surface area (Å²) in [5.74, 6) is -1.18. The van der Waals surface area contributed by atoms with Crippen molar-refractivity contribution in [3.63, 3.8) is 0 Å². The summed E-state index contributed by atoms with van der Waals surface area (Å²) >= 11 is 0. The molecule has 6 nitrogen and oxygen atoms in total. The quantitative estimate of drug-likeness (QED) is 0.884. The van der Waals surface area contributed by atoms with Crippen LogP contribution in [0.1, 0.15) is 19.8 Å². The summed E-state index contributed by atoms with van der Waals surface area (Å²) in [5, 5.41) is 2.92. The van der Waals surface area contributed by atoms with Gasteiger partial charge in [0.15, 0.2) is 17.7 Å². The van der Waals surface area contributed by atoms with Gasteiger partial charge in [-0.05, 0) is 31.9 Å². The number of nitrogens with one attached hydrogen (secondary N) is 1. The number of carbonyl (C=O) groups is 1. The van der Waals surface area contributed by atoms with Crippen LogP contribution in [0.25, 0.3) is 0 Å². The van der Waals surface area contributed by atoms with Crippen molar-refractivity contribution in [2.75, 3.05) is 18.0 Å². The number of nitrogens with zero attached hydrogens (tertiary/aromatic N) is 3. The third kappa shape index (κ3) is 4.44. The smallest absolute Gasteiger partial charge is 0.260 e. The van der Waals surface area contributed by atoms with E-state index in [9.17, 15) is 13.6 Å². The summed E-state index contributed by atoms with van der Waals surface area (Å²) in [4.78, 5) is 22.7. The molecule has 1 N–H and O–H groups in total. The average Bonchev–Trinajstić information content (AvgIpc) is 2.65. The van der Waals surface area contributed by atoms with Crippen LogP contribution in [-0.2, 0) is 4.79 Å². The van der Waals surface area contributed by atoms with E-state index in [2.05, 4.69) is 20.2 Å². The van der Waals surface area contributed by atoms with Crippen LogP contribution >= 0.6 is 0 Å². The van der Waals surface area contributed by atoms with Gasteiger partial charge in [0.25, 0.3) is 5.91 Å². The van der Waals surface area contributed by atoms with Crippen molar-refractivity contribution in [3.05, 3.63) is 48.4 Å². The van der Waals surface area contributed by atoms with E-state index in [1.807, 2.05) is 0 Å². The molecule has 0 aliphatic carbocycles. The fraction of sp³-hybridized carbons (Fsp3) is 0.389. The highest BCUT2D eigenvalue weighted by Gasteiger charge is 2.24. The van der Waals surface area contributed by atoms with Crippen LogP contribution in [0.5, 0.6) is 5.75 Å². The maximum atomic E-state index is 13.6. The number of hydrogen-bond acceptors (Lipinski definition) is 5. The first-order valence-electron chi connectivity index (χ1n) is 8.46. The third-order valence-corrected chi connectivity index (χ3v) is 4.28. The summed E-state index contributed by atoms with van der Waals surface area (Å²) in [6.45, 7) is 3.05. The monoisotopic (exact) mass is 362 g/mol. The molecule has 2 heterocycles. The van der Waals surface area contributed by atoms with Gasteiger partial charge < -0.3 is 15.0 Å². The largest absolute Gasteiger partial charge is 0.478 e. The summed E-state index contributed by atoms with van der Waals surface area (Å²) in [7, 11) is 0. The van der Waals surface area contributed by atoms with Gasteiger partial charge in [0.05, 0.1) is 6.20 Å². The molecule has 1 aliphatic rings. The number of aromatic nitrogens is 2. The van der Waals surface area contributed by atoms with Crippen molar-refractivity contribution < 1.29 is 18.3 Å².